The molecule has 0 spiro atoms. The van der Waals surface area contributed by atoms with Gasteiger partial charge in [0.05, 0.1) is 17.7 Å². The molecule has 1 fully saturated rings. The second kappa shape index (κ2) is 9.50. The van der Waals surface area contributed by atoms with Crippen molar-refractivity contribution in [1.82, 2.24) is 4.90 Å². The Morgan fingerprint density at radius 3 is 2.25 bits per heavy atom. The highest BCUT2D eigenvalue weighted by Crippen LogP contribution is 2.17. The fourth-order valence-corrected chi connectivity index (χ4v) is 3.81. The molecule has 0 radical (unpaired) electrons. The lowest BCUT2D eigenvalue weighted by Crippen LogP contribution is -3.28. The molecule has 3 rings (SSSR count). The van der Waals surface area contributed by atoms with Crippen LogP contribution in [0.25, 0.3) is 0 Å². The Labute approximate surface area is 167 Å². The van der Waals surface area contributed by atoms with Crippen LogP contribution in [0.5, 0.6) is 0 Å². The van der Waals surface area contributed by atoms with Crippen molar-refractivity contribution >= 4 is 5.91 Å². The summed E-state index contributed by atoms with van der Waals surface area (Å²) in [6, 6.07) is 20.3. The number of hydrogen-bond acceptors (Lipinski definition) is 2. The molecule has 5 heteroatoms. The summed E-state index contributed by atoms with van der Waals surface area (Å²) in [6.45, 7) is 7.81. The SMILES string of the molecule is C[C@@H](c1ccccc1)N(C)C(=O)C[NH+]1CC[NH+](Cc2ccc(C#N)cc2)CC1. The van der Waals surface area contributed by atoms with E-state index in [0.29, 0.717) is 12.1 Å². The van der Waals surface area contributed by atoms with Gasteiger partial charge in [-0.2, -0.15) is 5.26 Å². The third kappa shape index (κ3) is 5.19. The predicted octanol–water partition coefficient (Wildman–Crippen LogP) is 0.0613. The average Bonchev–Trinajstić information content (AvgIpc) is 2.75. The number of likely N-dealkylation sites (N-methyl/N-ethyl adjacent to an activating group) is 1. The van der Waals surface area contributed by atoms with Crippen molar-refractivity contribution in [2.24, 2.45) is 0 Å². The van der Waals surface area contributed by atoms with Crippen LogP contribution >= 0.6 is 0 Å². The highest BCUT2D eigenvalue weighted by atomic mass is 16.2. The van der Waals surface area contributed by atoms with Crippen LogP contribution in [0, 0.1) is 11.3 Å². The number of nitrogens with one attached hydrogen (secondary N) is 2. The van der Waals surface area contributed by atoms with E-state index in [4.69, 9.17) is 5.26 Å². The molecule has 1 heterocycles. The summed E-state index contributed by atoms with van der Waals surface area (Å²) in [5, 5.41) is 8.90. The molecule has 1 aliphatic rings. The average molecular weight is 379 g/mol. The number of amides is 1. The molecule has 2 aromatic rings. The van der Waals surface area contributed by atoms with Crippen molar-refractivity contribution in [3.05, 3.63) is 71.3 Å². The normalized spacial score (nSPS) is 20.2. The zero-order chi connectivity index (χ0) is 19.9. The highest BCUT2D eigenvalue weighted by Gasteiger charge is 2.27. The van der Waals surface area contributed by atoms with Crippen LogP contribution in [-0.2, 0) is 11.3 Å². The van der Waals surface area contributed by atoms with Crippen LogP contribution < -0.4 is 9.80 Å². The first kappa shape index (κ1) is 20.1. The summed E-state index contributed by atoms with van der Waals surface area (Å²) in [4.78, 5) is 17.5. The number of nitriles is 1. The number of piperazine rings is 1. The maximum atomic E-state index is 12.7. The molecule has 1 atom stereocenters. The largest absolute Gasteiger partial charge is 0.334 e. The molecule has 0 bridgehead atoms. The van der Waals surface area contributed by atoms with E-state index in [1.165, 1.54) is 16.0 Å². The molecule has 2 N–H and O–H groups in total. The second-order valence-corrected chi connectivity index (χ2v) is 7.75. The minimum Gasteiger partial charge on any atom is -0.334 e. The Balaban J connectivity index is 1.45. The van der Waals surface area contributed by atoms with Crippen LogP contribution in [0.4, 0.5) is 0 Å². The molecule has 0 aromatic heterocycles. The van der Waals surface area contributed by atoms with Crippen LogP contribution in [0.1, 0.15) is 29.7 Å². The smallest absolute Gasteiger partial charge is 0.278 e. The van der Waals surface area contributed by atoms with E-state index in [1.807, 2.05) is 54.4 Å². The maximum absolute atomic E-state index is 12.7. The maximum Gasteiger partial charge on any atom is 0.278 e. The van der Waals surface area contributed by atoms with Crippen LogP contribution in [-0.4, -0.2) is 50.6 Å². The number of hydrogen-bond donors (Lipinski definition) is 2. The van der Waals surface area contributed by atoms with Gasteiger partial charge in [0.1, 0.15) is 32.7 Å². The monoisotopic (exact) mass is 378 g/mol. The van der Waals surface area contributed by atoms with E-state index in [9.17, 15) is 4.79 Å². The van der Waals surface area contributed by atoms with Gasteiger partial charge < -0.3 is 14.7 Å². The van der Waals surface area contributed by atoms with E-state index in [-0.39, 0.29) is 11.9 Å². The third-order valence-electron chi connectivity index (χ3n) is 5.86. The first-order chi connectivity index (χ1) is 13.6. The van der Waals surface area contributed by atoms with Crippen molar-refractivity contribution in [1.29, 1.82) is 5.26 Å². The standard InChI is InChI=1S/C23H28N4O/c1-19(22-6-4-3-5-7-22)25(2)23(28)18-27-14-12-26(13-15-27)17-21-10-8-20(16-24)9-11-21/h3-11,19H,12-15,17-18H2,1-2H3/p+2/t19-/m0/s1. The van der Waals surface area contributed by atoms with Gasteiger partial charge in [-0.05, 0) is 24.6 Å². The van der Waals surface area contributed by atoms with Gasteiger partial charge >= 0.3 is 0 Å². The predicted molar refractivity (Wildman–Crippen MR) is 109 cm³/mol. The van der Waals surface area contributed by atoms with Crippen molar-refractivity contribution in [3.63, 3.8) is 0 Å². The van der Waals surface area contributed by atoms with Gasteiger partial charge in [0, 0.05) is 12.6 Å². The fraction of sp³-hybridized carbons (Fsp3) is 0.391. The van der Waals surface area contributed by atoms with Crippen LogP contribution in [0.15, 0.2) is 54.6 Å². The molecule has 146 valence electrons. The first-order valence-corrected chi connectivity index (χ1v) is 10.0. The van der Waals surface area contributed by atoms with Crippen molar-refractivity contribution in [3.8, 4) is 6.07 Å². The van der Waals surface area contributed by atoms with Crippen LogP contribution in [0.3, 0.4) is 0 Å². The molecule has 1 aliphatic heterocycles. The molecule has 0 saturated carbocycles. The Morgan fingerprint density at radius 2 is 1.64 bits per heavy atom. The number of carbonyl (C=O) groups is 1. The molecule has 0 aliphatic carbocycles. The Kier molecular flexibility index (Phi) is 6.80. The van der Waals surface area contributed by atoms with Gasteiger partial charge in [-0.3, -0.25) is 4.79 Å². The van der Waals surface area contributed by atoms with Gasteiger partial charge in [0.15, 0.2) is 6.54 Å². The first-order valence-electron chi connectivity index (χ1n) is 10.0. The highest BCUT2D eigenvalue weighted by molar-refractivity contribution is 5.77. The lowest BCUT2D eigenvalue weighted by atomic mass is 10.1. The molecular formula is C23H30N4O+2. The summed E-state index contributed by atoms with van der Waals surface area (Å²) in [5.74, 6) is 0.210. The quantitative estimate of drug-likeness (QED) is 0.747. The zero-order valence-electron chi connectivity index (χ0n) is 16.8. The van der Waals surface area contributed by atoms with E-state index < -0.39 is 0 Å². The Hall–Kier alpha value is -2.68. The molecule has 28 heavy (non-hydrogen) atoms. The van der Waals surface area contributed by atoms with Crippen molar-refractivity contribution in [2.45, 2.75) is 19.5 Å². The molecule has 0 unspecified atom stereocenters. The van der Waals surface area contributed by atoms with Crippen molar-refractivity contribution < 1.29 is 14.6 Å². The van der Waals surface area contributed by atoms with Gasteiger partial charge in [0.25, 0.3) is 5.91 Å². The summed E-state index contributed by atoms with van der Waals surface area (Å²) < 4.78 is 0. The van der Waals surface area contributed by atoms with Crippen LogP contribution in [0.2, 0.25) is 0 Å². The van der Waals surface area contributed by atoms with E-state index >= 15 is 0 Å². The van der Waals surface area contributed by atoms with Crippen molar-refractivity contribution in [2.75, 3.05) is 39.8 Å². The lowest BCUT2D eigenvalue weighted by Gasteiger charge is -2.31. The fourth-order valence-electron chi connectivity index (χ4n) is 3.81. The molecular weight excluding hydrogens is 348 g/mol. The minimum atomic E-state index is 0.0939. The summed E-state index contributed by atoms with van der Waals surface area (Å²) in [5.41, 5.74) is 3.15. The lowest BCUT2D eigenvalue weighted by molar-refractivity contribution is -1.02. The minimum absolute atomic E-state index is 0.0939. The molecule has 1 saturated heterocycles. The van der Waals surface area contributed by atoms with Gasteiger partial charge in [0.2, 0.25) is 0 Å². The Bertz CT molecular complexity index is 805. The van der Waals surface area contributed by atoms with E-state index in [2.05, 4.69) is 25.1 Å². The topological polar surface area (TPSA) is 53.0 Å². The van der Waals surface area contributed by atoms with E-state index in [1.54, 1.807) is 4.90 Å². The second-order valence-electron chi connectivity index (χ2n) is 7.75. The van der Waals surface area contributed by atoms with Gasteiger partial charge in [-0.1, -0.05) is 42.5 Å². The Morgan fingerprint density at radius 1 is 1.04 bits per heavy atom. The summed E-state index contributed by atoms with van der Waals surface area (Å²) in [7, 11) is 1.91. The third-order valence-corrected chi connectivity index (χ3v) is 5.86. The zero-order valence-corrected chi connectivity index (χ0v) is 16.8. The molecule has 2 aromatic carbocycles. The van der Waals surface area contributed by atoms with Gasteiger partial charge in [-0.25, -0.2) is 0 Å². The molecule has 1 amide bonds. The van der Waals surface area contributed by atoms with E-state index in [0.717, 1.165) is 32.7 Å². The number of benzene rings is 2. The summed E-state index contributed by atoms with van der Waals surface area (Å²) in [6.07, 6.45) is 0. The van der Waals surface area contributed by atoms with Gasteiger partial charge in [-0.15, -0.1) is 0 Å². The summed E-state index contributed by atoms with van der Waals surface area (Å²) >= 11 is 0. The molecule has 5 nitrogen and oxygen atoms in total. The number of quaternary nitrogens is 2. The number of nitrogens with zero attached hydrogens (tertiary/aromatic N) is 2. The number of carbonyl (C=O) groups excluding carboxylic acids is 1. The number of rotatable bonds is 6.